The normalized spacial score (nSPS) is 12.2. The van der Waals surface area contributed by atoms with Gasteiger partial charge in [0.15, 0.2) is 10.9 Å². The molecular formula is C24H27N3O3S. The third kappa shape index (κ3) is 5.61. The Balaban J connectivity index is 1.88. The second-order valence-corrected chi connectivity index (χ2v) is 9.24. The Labute approximate surface area is 186 Å². The standard InChI is InChI=1S/C24H27N3O3S/c1-15(2)13-14-27-23(30)20-7-5-6-8-21(20)26-24(27)31-16(3)22(29)18-9-11-19(12-10-18)25-17(4)28/h5-12,15-16H,13-14H2,1-4H3,(H,25,28). The van der Waals surface area contributed by atoms with E-state index in [0.29, 0.717) is 39.8 Å². The van der Waals surface area contributed by atoms with Crippen molar-refractivity contribution in [3.8, 4) is 0 Å². The van der Waals surface area contributed by atoms with Crippen LogP contribution in [0.25, 0.3) is 10.9 Å². The first-order chi connectivity index (χ1) is 14.8. The highest BCUT2D eigenvalue weighted by Gasteiger charge is 2.21. The zero-order valence-electron chi connectivity index (χ0n) is 18.2. The van der Waals surface area contributed by atoms with Crippen LogP contribution in [0.4, 0.5) is 5.69 Å². The lowest BCUT2D eigenvalue weighted by Crippen LogP contribution is -2.25. The fraction of sp³-hybridized carbons (Fsp3) is 0.333. The van der Waals surface area contributed by atoms with Gasteiger partial charge in [-0.25, -0.2) is 4.98 Å². The summed E-state index contributed by atoms with van der Waals surface area (Å²) in [5.41, 5.74) is 1.75. The van der Waals surface area contributed by atoms with Gasteiger partial charge in [0, 0.05) is 24.7 Å². The molecule has 6 nitrogen and oxygen atoms in total. The van der Waals surface area contributed by atoms with Crippen LogP contribution >= 0.6 is 11.8 Å². The molecule has 0 radical (unpaired) electrons. The molecule has 3 rings (SSSR count). The number of hydrogen-bond acceptors (Lipinski definition) is 5. The Kier molecular flexibility index (Phi) is 7.28. The maximum absolute atomic E-state index is 13.1. The predicted octanol–water partition coefficient (Wildman–Crippen LogP) is 4.76. The summed E-state index contributed by atoms with van der Waals surface area (Å²) in [4.78, 5) is 42.0. The van der Waals surface area contributed by atoms with Crippen molar-refractivity contribution in [1.82, 2.24) is 9.55 Å². The highest BCUT2D eigenvalue weighted by atomic mass is 32.2. The van der Waals surface area contributed by atoms with Crippen molar-refractivity contribution in [3.63, 3.8) is 0 Å². The molecule has 0 bridgehead atoms. The van der Waals surface area contributed by atoms with Gasteiger partial charge < -0.3 is 5.32 Å². The van der Waals surface area contributed by atoms with Gasteiger partial charge >= 0.3 is 0 Å². The predicted molar refractivity (Wildman–Crippen MR) is 126 cm³/mol. The number of fused-ring (bicyclic) bond motifs is 1. The van der Waals surface area contributed by atoms with Gasteiger partial charge in [-0.3, -0.25) is 19.0 Å². The van der Waals surface area contributed by atoms with Crippen LogP contribution in [0, 0.1) is 5.92 Å². The van der Waals surface area contributed by atoms with Gasteiger partial charge in [-0.05, 0) is 55.7 Å². The number of Topliss-reactive ketones (excluding diaryl/α,β-unsaturated/α-hetero) is 1. The second kappa shape index (κ2) is 9.92. The number of nitrogens with zero attached hydrogens (tertiary/aromatic N) is 2. The van der Waals surface area contributed by atoms with Crippen LogP contribution < -0.4 is 10.9 Å². The molecule has 1 unspecified atom stereocenters. The van der Waals surface area contributed by atoms with Crippen molar-refractivity contribution >= 4 is 40.0 Å². The van der Waals surface area contributed by atoms with Crippen molar-refractivity contribution < 1.29 is 9.59 Å². The summed E-state index contributed by atoms with van der Waals surface area (Å²) >= 11 is 1.30. The Morgan fingerprint density at radius 3 is 2.39 bits per heavy atom. The van der Waals surface area contributed by atoms with E-state index in [-0.39, 0.29) is 17.2 Å². The molecule has 1 heterocycles. The molecule has 1 amide bonds. The number of hydrogen-bond donors (Lipinski definition) is 1. The Bertz CT molecular complexity index is 1150. The number of rotatable bonds is 8. The Morgan fingerprint density at radius 2 is 1.74 bits per heavy atom. The summed E-state index contributed by atoms with van der Waals surface area (Å²) in [7, 11) is 0. The molecule has 7 heteroatoms. The van der Waals surface area contributed by atoms with Crippen molar-refractivity contribution in [2.24, 2.45) is 5.92 Å². The average molecular weight is 438 g/mol. The molecular weight excluding hydrogens is 410 g/mol. The van der Waals surface area contributed by atoms with Gasteiger partial charge in [0.05, 0.1) is 16.2 Å². The fourth-order valence-corrected chi connectivity index (χ4v) is 4.20. The molecule has 0 saturated carbocycles. The van der Waals surface area contributed by atoms with Gasteiger partial charge in [-0.2, -0.15) is 0 Å². The zero-order chi connectivity index (χ0) is 22.5. The minimum atomic E-state index is -0.426. The summed E-state index contributed by atoms with van der Waals surface area (Å²) in [6, 6.07) is 14.1. The number of para-hydroxylation sites is 1. The highest BCUT2D eigenvalue weighted by molar-refractivity contribution is 8.00. The van der Waals surface area contributed by atoms with Crippen molar-refractivity contribution in [2.45, 2.75) is 51.1 Å². The van der Waals surface area contributed by atoms with Crippen LogP contribution in [-0.2, 0) is 11.3 Å². The lowest BCUT2D eigenvalue weighted by atomic mass is 10.1. The lowest BCUT2D eigenvalue weighted by molar-refractivity contribution is -0.114. The highest BCUT2D eigenvalue weighted by Crippen LogP contribution is 2.26. The third-order valence-corrected chi connectivity index (χ3v) is 5.99. The van der Waals surface area contributed by atoms with Crippen LogP contribution in [0.2, 0.25) is 0 Å². The van der Waals surface area contributed by atoms with E-state index in [1.165, 1.54) is 18.7 Å². The smallest absolute Gasteiger partial charge is 0.262 e. The first-order valence-corrected chi connectivity index (χ1v) is 11.2. The van der Waals surface area contributed by atoms with Crippen LogP contribution in [0.1, 0.15) is 44.5 Å². The number of carbonyl (C=O) groups excluding carboxylic acids is 2. The summed E-state index contributed by atoms with van der Waals surface area (Å²) in [6.45, 7) is 8.05. The van der Waals surface area contributed by atoms with Gasteiger partial charge in [-0.1, -0.05) is 37.7 Å². The maximum Gasteiger partial charge on any atom is 0.262 e. The van der Waals surface area contributed by atoms with Gasteiger partial charge in [-0.15, -0.1) is 0 Å². The zero-order valence-corrected chi connectivity index (χ0v) is 19.0. The molecule has 0 aliphatic heterocycles. The monoisotopic (exact) mass is 437 g/mol. The second-order valence-electron chi connectivity index (χ2n) is 7.93. The average Bonchev–Trinajstić information content (AvgIpc) is 2.73. The molecule has 1 N–H and O–H groups in total. The fourth-order valence-electron chi connectivity index (χ4n) is 3.19. The number of amides is 1. The van der Waals surface area contributed by atoms with Crippen molar-refractivity contribution in [1.29, 1.82) is 0 Å². The number of benzene rings is 2. The number of carbonyl (C=O) groups is 2. The summed E-state index contributed by atoms with van der Waals surface area (Å²) in [5, 5.41) is 3.41. The van der Waals surface area contributed by atoms with E-state index in [1.807, 2.05) is 25.1 Å². The number of thioether (sulfide) groups is 1. The minimum absolute atomic E-state index is 0.0582. The molecule has 3 aromatic rings. The molecule has 31 heavy (non-hydrogen) atoms. The van der Waals surface area contributed by atoms with Gasteiger partial charge in [0.2, 0.25) is 5.91 Å². The topological polar surface area (TPSA) is 81.1 Å². The van der Waals surface area contributed by atoms with Gasteiger partial charge in [0.25, 0.3) is 5.56 Å². The van der Waals surface area contributed by atoms with Crippen LogP contribution in [-0.4, -0.2) is 26.5 Å². The molecule has 1 aromatic heterocycles. The Hall–Kier alpha value is -2.93. The number of ketones is 1. The molecule has 0 spiro atoms. The van der Waals surface area contributed by atoms with Crippen LogP contribution in [0.15, 0.2) is 58.5 Å². The number of nitrogens with one attached hydrogen (secondary N) is 1. The molecule has 0 aliphatic carbocycles. The largest absolute Gasteiger partial charge is 0.326 e. The molecule has 0 fully saturated rings. The number of aromatic nitrogens is 2. The first-order valence-electron chi connectivity index (χ1n) is 10.3. The van der Waals surface area contributed by atoms with Crippen molar-refractivity contribution in [3.05, 3.63) is 64.4 Å². The minimum Gasteiger partial charge on any atom is -0.326 e. The molecule has 162 valence electrons. The van der Waals surface area contributed by atoms with Crippen LogP contribution in [0.5, 0.6) is 0 Å². The lowest BCUT2D eigenvalue weighted by Gasteiger charge is -2.17. The Morgan fingerprint density at radius 1 is 1.06 bits per heavy atom. The van der Waals surface area contributed by atoms with E-state index in [1.54, 1.807) is 34.9 Å². The van der Waals surface area contributed by atoms with E-state index in [2.05, 4.69) is 19.2 Å². The molecule has 0 aliphatic rings. The van der Waals surface area contributed by atoms with E-state index >= 15 is 0 Å². The SMILES string of the molecule is CC(=O)Nc1ccc(C(=O)C(C)Sc2nc3ccccc3c(=O)n2CCC(C)C)cc1. The molecule has 2 aromatic carbocycles. The summed E-state index contributed by atoms with van der Waals surface area (Å²) in [5.74, 6) is 0.222. The number of anilines is 1. The quantitative estimate of drug-likeness (QED) is 0.312. The summed E-state index contributed by atoms with van der Waals surface area (Å²) < 4.78 is 1.69. The first kappa shape index (κ1) is 22.7. The van der Waals surface area contributed by atoms with E-state index in [0.717, 1.165) is 6.42 Å². The van der Waals surface area contributed by atoms with E-state index in [9.17, 15) is 14.4 Å². The van der Waals surface area contributed by atoms with Crippen LogP contribution in [0.3, 0.4) is 0 Å². The van der Waals surface area contributed by atoms with Crippen molar-refractivity contribution in [2.75, 3.05) is 5.32 Å². The van der Waals surface area contributed by atoms with Gasteiger partial charge in [0.1, 0.15) is 0 Å². The molecule has 1 atom stereocenters. The maximum atomic E-state index is 13.1. The summed E-state index contributed by atoms with van der Waals surface area (Å²) in [6.07, 6.45) is 0.848. The third-order valence-electron chi connectivity index (χ3n) is 4.90. The van der Waals surface area contributed by atoms with E-state index < -0.39 is 5.25 Å². The van der Waals surface area contributed by atoms with E-state index in [4.69, 9.17) is 4.98 Å². The molecule has 0 saturated heterocycles.